The molecule has 4 aliphatic rings. The second-order valence-electron chi connectivity index (χ2n) is 10.2. The smallest absolute Gasteiger partial charge is 0.428 e. The van der Waals surface area contributed by atoms with Crippen LogP contribution in [0.4, 0.5) is 4.79 Å². The van der Waals surface area contributed by atoms with E-state index in [-0.39, 0.29) is 43.4 Å². The van der Waals surface area contributed by atoms with Crippen LogP contribution in [-0.2, 0) is 25.7 Å². The van der Waals surface area contributed by atoms with Crippen molar-refractivity contribution in [2.45, 2.75) is 57.0 Å². The van der Waals surface area contributed by atoms with Gasteiger partial charge in [0.2, 0.25) is 11.8 Å². The molecule has 2 saturated carbocycles. The van der Waals surface area contributed by atoms with Crippen molar-refractivity contribution in [2.24, 2.45) is 28.8 Å². The number of aliphatic hydroxyl groups excluding tert-OH is 2. The van der Waals surface area contributed by atoms with Crippen LogP contribution in [0.1, 0.15) is 37.7 Å². The molecule has 1 aromatic carbocycles. The van der Waals surface area contributed by atoms with Gasteiger partial charge in [-0.15, -0.1) is 0 Å². The van der Waals surface area contributed by atoms with Gasteiger partial charge in [-0.2, -0.15) is 5.10 Å². The number of imide groups is 1. The molecule has 37 heavy (non-hydrogen) atoms. The summed E-state index contributed by atoms with van der Waals surface area (Å²) in [4.78, 5) is 40.1. The fourth-order valence-corrected chi connectivity index (χ4v) is 6.26. The number of benzene rings is 1. The number of carbonyl (C=O) groups is 3. The minimum atomic E-state index is -1.17. The number of hydrazone groups is 1. The van der Waals surface area contributed by atoms with Gasteiger partial charge < -0.3 is 24.4 Å². The molecule has 0 radical (unpaired) electrons. The average Bonchev–Trinajstić information content (AvgIpc) is 3.51. The lowest BCUT2D eigenvalue weighted by Crippen LogP contribution is -2.55. The number of fused-ring (bicyclic) bond motifs is 3. The van der Waals surface area contributed by atoms with Crippen molar-refractivity contribution in [3.05, 3.63) is 29.8 Å². The van der Waals surface area contributed by atoms with Crippen molar-refractivity contribution in [1.29, 1.82) is 0 Å². The van der Waals surface area contributed by atoms with E-state index >= 15 is 0 Å². The Morgan fingerprint density at radius 1 is 1.14 bits per heavy atom. The molecule has 200 valence electrons. The molecule has 2 heterocycles. The van der Waals surface area contributed by atoms with Gasteiger partial charge >= 0.3 is 6.09 Å². The molecule has 0 unspecified atom stereocenters. The van der Waals surface area contributed by atoms with E-state index in [0.29, 0.717) is 30.9 Å². The van der Waals surface area contributed by atoms with Crippen LogP contribution in [0, 0.1) is 23.7 Å². The Labute approximate surface area is 214 Å². The lowest BCUT2D eigenvalue weighted by atomic mass is 9.60. The maximum atomic E-state index is 13.4. The van der Waals surface area contributed by atoms with E-state index in [2.05, 4.69) is 10.5 Å². The highest BCUT2D eigenvalue weighted by atomic mass is 16.6. The molecule has 0 bridgehead atoms. The van der Waals surface area contributed by atoms with Crippen LogP contribution in [0.3, 0.4) is 0 Å². The normalized spacial score (nSPS) is 34.3. The summed E-state index contributed by atoms with van der Waals surface area (Å²) in [5.41, 5.74) is 3.64. The third-order valence-electron chi connectivity index (χ3n) is 8.10. The number of likely N-dealkylation sites (tertiary alicyclic amines) is 1. The fraction of sp³-hybridized carbons (Fsp3) is 0.615. The van der Waals surface area contributed by atoms with Crippen molar-refractivity contribution in [3.63, 3.8) is 0 Å². The molecular formula is C26H33N3O8. The molecule has 3 N–H and O–H groups in total. The molecule has 11 heteroatoms. The summed E-state index contributed by atoms with van der Waals surface area (Å²) in [7, 11) is 1.57. The summed E-state index contributed by atoms with van der Waals surface area (Å²) in [5, 5.41) is 25.7. The van der Waals surface area contributed by atoms with Crippen LogP contribution in [-0.4, -0.2) is 77.3 Å². The molecule has 3 amide bonds. The zero-order valence-corrected chi connectivity index (χ0v) is 20.7. The first-order chi connectivity index (χ1) is 17.9. The lowest BCUT2D eigenvalue weighted by molar-refractivity contribution is -0.143. The highest BCUT2D eigenvalue weighted by molar-refractivity contribution is 6.06. The molecule has 2 aliphatic heterocycles. The number of carbonyl (C=O) groups excluding carboxylic acids is 3. The van der Waals surface area contributed by atoms with Crippen molar-refractivity contribution in [1.82, 2.24) is 10.3 Å². The first-order valence-corrected chi connectivity index (χ1v) is 12.8. The predicted octanol–water partition coefficient (Wildman–Crippen LogP) is 1.21. The summed E-state index contributed by atoms with van der Waals surface area (Å²) < 4.78 is 16.0. The Morgan fingerprint density at radius 2 is 1.89 bits per heavy atom. The SMILES string of the molecule is COc1ccc(COC(=O)NN=C2C[C@@H](O)[C@@H](O)[C@@H]3[C@H]4C(=O)N(C[C@@H]5CCCO5)C(=O)[C@@H]4CC[C@@H]23)cc1. The van der Waals surface area contributed by atoms with Crippen molar-refractivity contribution in [2.75, 3.05) is 20.3 Å². The van der Waals surface area contributed by atoms with Gasteiger partial charge in [0.15, 0.2) is 0 Å². The zero-order valence-electron chi connectivity index (χ0n) is 20.7. The first kappa shape index (κ1) is 25.6. The van der Waals surface area contributed by atoms with Gasteiger partial charge in [-0.05, 0) is 43.4 Å². The summed E-state index contributed by atoms with van der Waals surface area (Å²) in [6.07, 6.45) is -0.494. The largest absolute Gasteiger partial charge is 0.497 e. The van der Waals surface area contributed by atoms with Gasteiger partial charge in [0.1, 0.15) is 12.4 Å². The van der Waals surface area contributed by atoms with Crippen LogP contribution in [0.2, 0.25) is 0 Å². The topological polar surface area (TPSA) is 147 Å². The third kappa shape index (κ3) is 5.07. The van der Waals surface area contributed by atoms with Crippen LogP contribution >= 0.6 is 0 Å². The molecular weight excluding hydrogens is 482 g/mol. The number of ether oxygens (including phenoxy) is 3. The van der Waals surface area contributed by atoms with Crippen LogP contribution in [0.5, 0.6) is 5.75 Å². The molecule has 0 spiro atoms. The monoisotopic (exact) mass is 515 g/mol. The molecule has 5 rings (SSSR count). The minimum absolute atomic E-state index is 0.0367. The summed E-state index contributed by atoms with van der Waals surface area (Å²) in [6.45, 7) is 0.886. The Hall–Kier alpha value is -3.02. The number of aliphatic hydroxyl groups is 2. The number of amides is 3. The van der Waals surface area contributed by atoms with Crippen LogP contribution in [0.15, 0.2) is 29.4 Å². The molecule has 7 atom stereocenters. The van der Waals surface area contributed by atoms with E-state index in [1.807, 2.05) is 0 Å². The molecule has 4 fully saturated rings. The lowest BCUT2D eigenvalue weighted by Gasteiger charge is -2.45. The van der Waals surface area contributed by atoms with Gasteiger partial charge in [0.05, 0.1) is 43.8 Å². The van der Waals surface area contributed by atoms with E-state index in [9.17, 15) is 24.6 Å². The van der Waals surface area contributed by atoms with E-state index in [1.54, 1.807) is 31.4 Å². The quantitative estimate of drug-likeness (QED) is 0.378. The van der Waals surface area contributed by atoms with E-state index in [4.69, 9.17) is 14.2 Å². The number of hydrogen-bond acceptors (Lipinski definition) is 9. The Bertz CT molecular complexity index is 1050. The second-order valence-corrected chi connectivity index (χ2v) is 10.2. The van der Waals surface area contributed by atoms with E-state index in [0.717, 1.165) is 18.4 Å². The third-order valence-corrected chi connectivity index (χ3v) is 8.10. The van der Waals surface area contributed by atoms with Crippen molar-refractivity contribution >= 4 is 23.6 Å². The van der Waals surface area contributed by atoms with Crippen LogP contribution in [0.25, 0.3) is 0 Å². The highest BCUT2D eigenvalue weighted by Crippen LogP contribution is 2.49. The molecule has 2 aliphatic carbocycles. The van der Waals surface area contributed by atoms with Gasteiger partial charge in [0.25, 0.3) is 0 Å². The maximum absolute atomic E-state index is 13.4. The second kappa shape index (κ2) is 10.8. The van der Waals surface area contributed by atoms with Gasteiger partial charge in [0, 0.05) is 30.6 Å². The van der Waals surface area contributed by atoms with Gasteiger partial charge in [-0.1, -0.05) is 12.1 Å². The Morgan fingerprint density at radius 3 is 2.59 bits per heavy atom. The number of methoxy groups -OCH3 is 1. The predicted molar refractivity (Wildman–Crippen MR) is 129 cm³/mol. The average molecular weight is 516 g/mol. The number of rotatable bonds is 6. The number of hydrogen-bond donors (Lipinski definition) is 3. The van der Waals surface area contributed by atoms with E-state index < -0.39 is 36.1 Å². The maximum Gasteiger partial charge on any atom is 0.428 e. The van der Waals surface area contributed by atoms with E-state index in [1.165, 1.54) is 4.90 Å². The standard InChI is InChI=1S/C26H33N3O8/c1-35-15-6-4-14(5-7-15)13-37-26(34)28-27-19-11-20(30)23(31)21-17(19)8-9-18-22(21)25(33)29(24(18)32)12-16-3-2-10-36-16/h4-7,16-18,20-23,30-31H,2-3,8-13H2,1H3,(H,28,34)/t16-,17-,18+,20+,21-,22-,23+/m0/s1. The van der Waals surface area contributed by atoms with Gasteiger partial charge in [-0.25, -0.2) is 10.2 Å². The summed E-state index contributed by atoms with van der Waals surface area (Å²) in [5.74, 6) is -2.12. The molecule has 0 aromatic heterocycles. The molecule has 1 aromatic rings. The molecule has 2 saturated heterocycles. The Kier molecular flexibility index (Phi) is 7.45. The minimum Gasteiger partial charge on any atom is -0.497 e. The summed E-state index contributed by atoms with van der Waals surface area (Å²) in [6, 6.07) is 7.09. The number of nitrogens with one attached hydrogen (secondary N) is 1. The molecule has 11 nitrogen and oxygen atoms in total. The highest BCUT2D eigenvalue weighted by Gasteiger charge is 2.59. The van der Waals surface area contributed by atoms with Crippen LogP contribution < -0.4 is 10.2 Å². The Balaban J connectivity index is 1.26. The first-order valence-electron chi connectivity index (χ1n) is 12.8. The van der Waals surface area contributed by atoms with Crippen molar-refractivity contribution < 1.29 is 38.8 Å². The number of nitrogens with zero attached hydrogens (tertiary/aromatic N) is 2. The fourth-order valence-electron chi connectivity index (χ4n) is 6.26. The van der Waals surface area contributed by atoms with Crippen molar-refractivity contribution in [3.8, 4) is 5.75 Å². The summed E-state index contributed by atoms with van der Waals surface area (Å²) >= 11 is 0. The zero-order chi connectivity index (χ0) is 26.1. The van der Waals surface area contributed by atoms with Gasteiger partial charge in [-0.3, -0.25) is 14.5 Å².